The monoisotopic (exact) mass is 334 g/mol. The van der Waals surface area contributed by atoms with Crippen LogP contribution in [0.3, 0.4) is 0 Å². The van der Waals surface area contributed by atoms with E-state index in [9.17, 15) is 4.79 Å². The van der Waals surface area contributed by atoms with Crippen LogP contribution in [0.2, 0.25) is 0 Å². The van der Waals surface area contributed by atoms with Gasteiger partial charge in [0.2, 0.25) is 0 Å². The Morgan fingerprint density at radius 3 is 2.92 bits per heavy atom. The number of nitrogens with one attached hydrogen (secondary N) is 1. The molecular weight excluding hydrogens is 312 g/mol. The maximum Gasteiger partial charge on any atom is 0.255 e. The minimum atomic E-state index is 0.0811. The fourth-order valence-electron chi connectivity index (χ4n) is 3.69. The molecule has 0 bridgehead atoms. The van der Waals surface area contributed by atoms with E-state index in [2.05, 4.69) is 34.2 Å². The van der Waals surface area contributed by atoms with Gasteiger partial charge in [-0.15, -0.1) is 0 Å². The fraction of sp³-hybridized carbons (Fsp3) is 0.350. The Balaban J connectivity index is 1.63. The van der Waals surface area contributed by atoms with E-state index in [0.717, 1.165) is 48.2 Å². The summed E-state index contributed by atoms with van der Waals surface area (Å²) in [6.07, 6.45) is 3.87. The quantitative estimate of drug-likeness (QED) is 0.779. The lowest BCUT2D eigenvalue weighted by Gasteiger charge is -2.32. The van der Waals surface area contributed by atoms with Gasteiger partial charge in [-0.3, -0.25) is 14.9 Å². The number of nitrogens with zero attached hydrogens (tertiary/aromatic N) is 3. The van der Waals surface area contributed by atoms with E-state index in [0.29, 0.717) is 11.5 Å². The predicted molar refractivity (Wildman–Crippen MR) is 97.7 cm³/mol. The van der Waals surface area contributed by atoms with Crippen LogP contribution >= 0.6 is 0 Å². The normalized spacial score (nSPS) is 17.8. The molecule has 5 nitrogen and oxygen atoms in total. The van der Waals surface area contributed by atoms with Gasteiger partial charge in [0.25, 0.3) is 5.91 Å². The summed E-state index contributed by atoms with van der Waals surface area (Å²) in [4.78, 5) is 19.7. The Hall–Kier alpha value is -2.69. The zero-order valence-electron chi connectivity index (χ0n) is 14.6. The number of H-pyrrole nitrogens is 1. The topological polar surface area (TPSA) is 61.9 Å². The highest BCUT2D eigenvalue weighted by Gasteiger charge is 2.27. The summed E-state index contributed by atoms with van der Waals surface area (Å²) >= 11 is 0. The molecule has 128 valence electrons. The van der Waals surface area contributed by atoms with Gasteiger partial charge in [0.1, 0.15) is 0 Å². The number of pyridine rings is 1. The first kappa shape index (κ1) is 15.8. The molecule has 1 aliphatic rings. The number of carbonyl (C=O) groups excluding carboxylic acids is 1. The third-order valence-corrected chi connectivity index (χ3v) is 5.06. The smallest absolute Gasteiger partial charge is 0.255 e. The molecule has 0 radical (unpaired) electrons. The van der Waals surface area contributed by atoms with Crippen LogP contribution in [-0.4, -0.2) is 39.1 Å². The molecule has 4 rings (SSSR count). The molecule has 1 aliphatic heterocycles. The van der Waals surface area contributed by atoms with Gasteiger partial charge in [-0.2, -0.15) is 5.10 Å². The van der Waals surface area contributed by atoms with Crippen molar-refractivity contribution in [2.24, 2.45) is 0 Å². The van der Waals surface area contributed by atoms with Gasteiger partial charge in [0, 0.05) is 36.3 Å². The molecule has 1 amide bonds. The number of aromatic nitrogens is 3. The molecule has 0 saturated carbocycles. The van der Waals surface area contributed by atoms with E-state index in [4.69, 9.17) is 0 Å². The molecule has 1 fully saturated rings. The summed E-state index contributed by atoms with van der Waals surface area (Å²) in [6, 6.07) is 10.1. The van der Waals surface area contributed by atoms with E-state index >= 15 is 0 Å². The zero-order valence-corrected chi connectivity index (χ0v) is 14.6. The Labute approximate surface area is 147 Å². The maximum absolute atomic E-state index is 13.1. The fourth-order valence-corrected chi connectivity index (χ4v) is 3.69. The number of fused-ring (bicyclic) bond motifs is 1. The first-order valence-corrected chi connectivity index (χ1v) is 8.78. The van der Waals surface area contributed by atoms with Gasteiger partial charge in [0.15, 0.2) is 0 Å². The first-order chi connectivity index (χ1) is 12.1. The van der Waals surface area contributed by atoms with Crippen LogP contribution in [0, 0.1) is 13.8 Å². The second-order valence-corrected chi connectivity index (χ2v) is 6.92. The van der Waals surface area contributed by atoms with Gasteiger partial charge >= 0.3 is 0 Å². The Bertz CT molecular complexity index is 917. The highest BCUT2D eigenvalue weighted by Crippen LogP contribution is 2.27. The van der Waals surface area contributed by atoms with Crippen LogP contribution in [0.5, 0.6) is 0 Å². The van der Waals surface area contributed by atoms with Crippen molar-refractivity contribution in [2.75, 3.05) is 13.1 Å². The summed E-state index contributed by atoms with van der Waals surface area (Å²) in [5.41, 5.74) is 4.73. The van der Waals surface area contributed by atoms with Crippen LogP contribution in [0.25, 0.3) is 10.9 Å². The molecule has 1 atom stereocenters. The third-order valence-electron chi connectivity index (χ3n) is 5.06. The molecule has 0 spiro atoms. The molecule has 2 aromatic heterocycles. The number of benzene rings is 1. The molecule has 0 aliphatic carbocycles. The van der Waals surface area contributed by atoms with E-state index < -0.39 is 0 Å². The number of hydrogen-bond acceptors (Lipinski definition) is 3. The summed E-state index contributed by atoms with van der Waals surface area (Å²) < 4.78 is 0. The Kier molecular flexibility index (Phi) is 3.99. The summed E-state index contributed by atoms with van der Waals surface area (Å²) in [6.45, 7) is 5.50. The third kappa shape index (κ3) is 3.02. The molecule has 5 heteroatoms. The number of likely N-dealkylation sites (tertiary alicyclic amines) is 1. The average Bonchev–Trinajstić information content (AvgIpc) is 3.16. The average molecular weight is 334 g/mol. The standard InChI is InChI=1S/C20H22N4O/c1-13-5-6-18-16(10-13)11-17(14(2)22-18)20(25)24-9-3-4-15(12-24)19-7-8-21-23-19/h5-8,10-11,15H,3-4,9,12H2,1-2H3,(H,21,23). The van der Waals surface area contributed by atoms with Gasteiger partial charge in [-0.1, -0.05) is 11.6 Å². The highest BCUT2D eigenvalue weighted by molar-refractivity contribution is 5.98. The molecule has 25 heavy (non-hydrogen) atoms. The van der Waals surface area contributed by atoms with Crippen LogP contribution in [0.15, 0.2) is 36.5 Å². The van der Waals surface area contributed by atoms with Crippen molar-refractivity contribution >= 4 is 16.8 Å². The lowest BCUT2D eigenvalue weighted by Crippen LogP contribution is -2.39. The van der Waals surface area contributed by atoms with Crippen LogP contribution in [0.4, 0.5) is 0 Å². The molecule has 1 saturated heterocycles. The number of carbonyl (C=O) groups is 1. The Morgan fingerprint density at radius 1 is 1.24 bits per heavy atom. The molecule has 1 unspecified atom stereocenters. The summed E-state index contributed by atoms with van der Waals surface area (Å²) in [5, 5.41) is 8.12. The van der Waals surface area contributed by atoms with Gasteiger partial charge in [0.05, 0.1) is 16.8 Å². The van der Waals surface area contributed by atoms with Crippen LogP contribution < -0.4 is 0 Å². The van der Waals surface area contributed by atoms with Crippen LogP contribution in [0.1, 0.15) is 46.1 Å². The van der Waals surface area contributed by atoms with Gasteiger partial charge in [-0.25, -0.2) is 0 Å². The minimum Gasteiger partial charge on any atom is -0.338 e. The van der Waals surface area contributed by atoms with Crippen molar-refractivity contribution < 1.29 is 4.79 Å². The number of hydrogen-bond donors (Lipinski definition) is 1. The van der Waals surface area contributed by atoms with E-state index in [1.54, 1.807) is 6.20 Å². The molecule has 1 aromatic carbocycles. The Morgan fingerprint density at radius 2 is 2.12 bits per heavy atom. The van der Waals surface area contributed by atoms with Crippen molar-refractivity contribution in [2.45, 2.75) is 32.6 Å². The van der Waals surface area contributed by atoms with Gasteiger partial charge in [-0.05, 0) is 51.0 Å². The number of aryl methyl sites for hydroxylation is 2. The molecule has 3 aromatic rings. The number of rotatable bonds is 2. The zero-order chi connectivity index (χ0) is 17.4. The highest BCUT2D eigenvalue weighted by atomic mass is 16.2. The van der Waals surface area contributed by atoms with Crippen LogP contribution in [-0.2, 0) is 0 Å². The van der Waals surface area contributed by atoms with E-state index in [1.807, 2.05) is 30.0 Å². The van der Waals surface area contributed by atoms with Gasteiger partial charge < -0.3 is 4.90 Å². The SMILES string of the molecule is Cc1ccc2nc(C)c(C(=O)N3CCCC(c4ccn[nH]4)C3)cc2c1. The second kappa shape index (κ2) is 6.31. The number of amides is 1. The van der Waals surface area contributed by atoms with Crippen molar-refractivity contribution in [3.63, 3.8) is 0 Å². The van der Waals surface area contributed by atoms with Crippen molar-refractivity contribution in [1.82, 2.24) is 20.1 Å². The summed E-state index contributed by atoms with van der Waals surface area (Å²) in [7, 11) is 0. The second-order valence-electron chi connectivity index (χ2n) is 6.92. The summed E-state index contributed by atoms with van der Waals surface area (Å²) in [5.74, 6) is 0.411. The lowest BCUT2D eigenvalue weighted by molar-refractivity contribution is 0.0705. The molecular formula is C20H22N4O. The van der Waals surface area contributed by atoms with Crippen molar-refractivity contribution in [3.05, 3.63) is 59.0 Å². The van der Waals surface area contributed by atoms with Crippen molar-refractivity contribution in [3.8, 4) is 0 Å². The largest absolute Gasteiger partial charge is 0.338 e. The van der Waals surface area contributed by atoms with E-state index in [1.165, 1.54) is 5.56 Å². The maximum atomic E-state index is 13.1. The van der Waals surface area contributed by atoms with Crippen molar-refractivity contribution in [1.29, 1.82) is 0 Å². The lowest BCUT2D eigenvalue weighted by atomic mass is 9.94. The minimum absolute atomic E-state index is 0.0811. The van der Waals surface area contributed by atoms with E-state index in [-0.39, 0.29) is 5.91 Å². The number of piperidine rings is 1. The predicted octanol–water partition coefficient (Wildman–Crippen LogP) is 3.59. The first-order valence-electron chi connectivity index (χ1n) is 8.78. The number of aromatic amines is 1. The molecule has 3 heterocycles. The molecule has 1 N–H and O–H groups in total.